The second-order valence-corrected chi connectivity index (χ2v) is 5.86. The molecular weight excluding hydrogens is 293 g/mol. The van der Waals surface area contributed by atoms with Crippen molar-refractivity contribution >= 4 is 11.6 Å². The minimum absolute atomic E-state index is 0.0876. The van der Waals surface area contributed by atoms with E-state index in [4.69, 9.17) is 0 Å². The quantitative estimate of drug-likeness (QED) is 0.886. The lowest BCUT2D eigenvalue weighted by Gasteiger charge is -2.31. The highest BCUT2D eigenvalue weighted by molar-refractivity contribution is 5.88. The Balaban J connectivity index is 1.83. The van der Waals surface area contributed by atoms with Crippen LogP contribution in [0.15, 0.2) is 24.3 Å². The van der Waals surface area contributed by atoms with Crippen molar-refractivity contribution in [2.45, 2.75) is 51.4 Å². The highest BCUT2D eigenvalue weighted by Crippen LogP contribution is 2.37. The van der Waals surface area contributed by atoms with E-state index < -0.39 is 12.1 Å². The van der Waals surface area contributed by atoms with Crippen LogP contribution in [0.5, 0.6) is 0 Å². The summed E-state index contributed by atoms with van der Waals surface area (Å²) in [7, 11) is 0. The zero-order chi connectivity index (χ0) is 16.2. The first-order valence-corrected chi connectivity index (χ1v) is 7.51. The number of nitrogens with one attached hydrogen (secondary N) is 2. The summed E-state index contributed by atoms with van der Waals surface area (Å²) in [6.45, 7) is 1.98. The fraction of sp³-hybridized carbons (Fsp3) is 0.562. The fourth-order valence-electron chi connectivity index (χ4n) is 2.84. The minimum atomic E-state index is -4.08. The Bertz CT molecular complexity index is 499. The maximum atomic E-state index is 12.8. The molecule has 3 nitrogen and oxygen atoms in total. The molecule has 0 spiro atoms. The number of benzene rings is 1. The van der Waals surface area contributed by atoms with E-state index in [1.807, 2.05) is 12.1 Å². The Hall–Kier alpha value is -1.56. The van der Waals surface area contributed by atoms with Crippen LogP contribution >= 0.6 is 0 Å². The monoisotopic (exact) mass is 314 g/mol. The zero-order valence-electron chi connectivity index (χ0n) is 12.5. The number of hydrogen-bond acceptors (Lipinski definition) is 2. The van der Waals surface area contributed by atoms with E-state index in [0.717, 1.165) is 12.0 Å². The van der Waals surface area contributed by atoms with Crippen molar-refractivity contribution in [1.29, 1.82) is 0 Å². The number of halogens is 3. The van der Waals surface area contributed by atoms with Gasteiger partial charge in [0.15, 0.2) is 0 Å². The van der Waals surface area contributed by atoms with Gasteiger partial charge in [-0.25, -0.2) is 0 Å². The molecule has 0 aromatic heterocycles. The first-order chi connectivity index (χ1) is 10.3. The van der Waals surface area contributed by atoms with E-state index in [1.165, 1.54) is 6.92 Å². The van der Waals surface area contributed by atoms with E-state index in [9.17, 15) is 18.0 Å². The van der Waals surface area contributed by atoms with Crippen LogP contribution in [-0.2, 0) is 11.3 Å². The minimum Gasteiger partial charge on any atom is -0.326 e. The molecule has 0 radical (unpaired) electrons. The summed E-state index contributed by atoms with van der Waals surface area (Å²) in [6, 6.07) is 7.22. The van der Waals surface area contributed by atoms with E-state index in [2.05, 4.69) is 10.6 Å². The van der Waals surface area contributed by atoms with Gasteiger partial charge in [0.05, 0.1) is 5.92 Å². The summed E-state index contributed by atoms with van der Waals surface area (Å²) in [5.74, 6) is -1.31. The number of hydrogen-bond donors (Lipinski definition) is 2. The van der Waals surface area contributed by atoms with Gasteiger partial charge in [-0.2, -0.15) is 13.2 Å². The first-order valence-electron chi connectivity index (χ1n) is 7.51. The Morgan fingerprint density at radius 3 is 2.50 bits per heavy atom. The standard InChI is InChI=1S/C16H21F3N2O/c1-11(22)21-14-7-5-12(6-8-14)10-20-15-4-2-3-13(9-15)16(17,18)19/h5-8,13,15,20H,2-4,9-10H2,1H3,(H,21,22)/t13-,15+/m0/s1. The molecule has 1 aliphatic rings. The van der Waals surface area contributed by atoms with Crippen LogP contribution in [0.1, 0.15) is 38.2 Å². The van der Waals surface area contributed by atoms with Crippen molar-refractivity contribution < 1.29 is 18.0 Å². The van der Waals surface area contributed by atoms with Gasteiger partial charge < -0.3 is 10.6 Å². The number of alkyl halides is 3. The van der Waals surface area contributed by atoms with Crippen molar-refractivity contribution in [1.82, 2.24) is 5.32 Å². The molecule has 2 N–H and O–H groups in total. The second-order valence-electron chi connectivity index (χ2n) is 5.86. The van der Waals surface area contributed by atoms with Crippen molar-refractivity contribution in [2.24, 2.45) is 5.92 Å². The molecule has 2 atom stereocenters. The maximum absolute atomic E-state index is 12.8. The molecule has 6 heteroatoms. The van der Waals surface area contributed by atoms with Crippen LogP contribution in [0, 0.1) is 5.92 Å². The number of amides is 1. The summed E-state index contributed by atoms with van der Waals surface area (Å²) >= 11 is 0. The molecule has 0 unspecified atom stereocenters. The van der Waals surface area contributed by atoms with Gasteiger partial charge in [-0.1, -0.05) is 18.6 Å². The molecule has 1 aromatic rings. The Morgan fingerprint density at radius 2 is 1.91 bits per heavy atom. The van der Waals surface area contributed by atoms with Crippen LogP contribution < -0.4 is 10.6 Å². The number of rotatable bonds is 4. The molecule has 1 aliphatic carbocycles. The fourth-order valence-corrected chi connectivity index (χ4v) is 2.84. The van der Waals surface area contributed by atoms with Crippen molar-refractivity contribution in [3.05, 3.63) is 29.8 Å². The van der Waals surface area contributed by atoms with Gasteiger partial charge in [-0.05, 0) is 37.0 Å². The topological polar surface area (TPSA) is 41.1 Å². The van der Waals surface area contributed by atoms with E-state index >= 15 is 0 Å². The third-order valence-electron chi connectivity index (χ3n) is 4.01. The molecule has 1 saturated carbocycles. The average Bonchev–Trinajstić information content (AvgIpc) is 2.45. The molecule has 0 heterocycles. The highest BCUT2D eigenvalue weighted by atomic mass is 19.4. The maximum Gasteiger partial charge on any atom is 0.391 e. The zero-order valence-corrected chi connectivity index (χ0v) is 12.5. The van der Waals surface area contributed by atoms with Gasteiger partial charge in [-0.15, -0.1) is 0 Å². The lowest BCUT2D eigenvalue weighted by molar-refractivity contribution is -0.183. The molecule has 22 heavy (non-hydrogen) atoms. The molecule has 1 amide bonds. The van der Waals surface area contributed by atoms with Crippen molar-refractivity contribution in [3.63, 3.8) is 0 Å². The smallest absolute Gasteiger partial charge is 0.326 e. The van der Waals surface area contributed by atoms with Crippen LogP contribution in [0.25, 0.3) is 0 Å². The molecule has 122 valence electrons. The van der Waals surface area contributed by atoms with Crippen LogP contribution in [-0.4, -0.2) is 18.1 Å². The number of carbonyl (C=O) groups is 1. The van der Waals surface area contributed by atoms with Crippen molar-refractivity contribution in [2.75, 3.05) is 5.32 Å². The lowest BCUT2D eigenvalue weighted by atomic mass is 9.85. The Morgan fingerprint density at radius 1 is 1.23 bits per heavy atom. The molecule has 1 fully saturated rings. The number of carbonyl (C=O) groups excluding carboxylic acids is 1. The summed E-state index contributed by atoms with van der Waals surface area (Å²) in [4.78, 5) is 10.9. The van der Waals surface area contributed by atoms with Gasteiger partial charge >= 0.3 is 6.18 Å². The lowest BCUT2D eigenvalue weighted by Crippen LogP contribution is -2.38. The average molecular weight is 314 g/mol. The van der Waals surface area contributed by atoms with Gasteiger partial charge in [0.2, 0.25) is 5.91 Å². The Kier molecular flexibility index (Phi) is 5.45. The normalized spacial score (nSPS) is 22.4. The summed E-state index contributed by atoms with van der Waals surface area (Å²) < 4.78 is 38.3. The van der Waals surface area contributed by atoms with Crippen LogP contribution in [0.4, 0.5) is 18.9 Å². The molecule has 2 rings (SSSR count). The first kappa shape index (κ1) is 16.8. The van der Waals surface area contributed by atoms with Gasteiger partial charge in [0.25, 0.3) is 0 Å². The van der Waals surface area contributed by atoms with E-state index in [0.29, 0.717) is 18.7 Å². The molecular formula is C16H21F3N2O. The second kappa shape index (κ2) is 7.13. The Labute approximate surface area is 128 Å². The third-order valence-corrected chi connectivity index (χ3v) is 4.01. The predicted octanol–water partition coefficient (Wildman–Crippen LogP) is 3.86. The summed E-state index contributed by atoms with van der Waals surface area (Å²) in [6.07, 6.45) is -2.28. The summed E-state index contributed by atoms with van der Waals surface area (Å²) in [5, 5.41) is 5.89. The van der Waals surface area contributed by atoms with E-state index in [1.54, 1.807) is 12.1 Å². The molecule has 0 saturated heterocycles. The molecule has 1 aromatic carbocycles. The SMILES string of the molecule is CC(=O)Nc1ccc(CN[C@@H]2CCC[C@H](C(F)(F)F)C2)cc1. The summed E-state index contributed by atoms with van der Waals surface area (Å²) in [5.41, 5.74) is 1.70. The molecule has 0 aliphatic heterocycles. The third kappa shape index (κ3) is 5.02. The van der Waals surface area contributed by atoms with Crippen LogP contribution in [0.3, 0.4) is 0 Å². The predicted molar refractivity (Wildman–Crippen MR) is 79.4 cm³/mol. The largest absolute Gasteiger partial charge is 0.391 e. The van der Waals surface area contributed by atoms with E-state index in [-0.39, 0.29) is 24.8 Å². The van der Waals surface area contributed by atoms with Gasteiger partial charge in [-0.3, -0.25) is 4.79 Å². The van der Waals surface area contributed by atoms with Crippen LogP contribution in [0.2, 0.25) is 0 Å². The van der Waals surface area contributed by atoms with Crippen molar-refractivity contribution in [3.8, 4) is 0 Å². The number of anilines is 1. The molecule has 0 bridgehead atoms. The van der Waals surface area contributed by atoms with Gasteiger partial charge in [0, 0.05) is 25.2 Å². The highest BCUT2D eigenvalue weighted by Gasteiger charge is 2.41. The van der Waals surface area contributed by atoms with Gasteiger partial charge in [0.1, 0.15) is 0 Å².